The normalized spacial score (nSPS) is 15.6. The summed E-state index contributed by atoms with van der Waals surface area (Å²) in [6.07, 6.45) is 4.48. The number of furan rings is 1. The molecule has 7 nitrogen and oxygen atoms in total. The van der Waals surface area contributed by atoms with Crippen LogP contribution in [0.2, 0.25) is 0 Å². The van der Waals surface area contributed by atoms with Gasteiger partial charge >= 0.3 is 0 Å². The number of nitrogens with zero attached hydrogens (tertiary/aromatic N) is 1. The van der Waals surface area contributed by atoms with Gasteiger partial charge in [0.2, 0.25) is 11.8 Å². The fourth-order valence-electron chi connectivity index (χ4n) is 3.46. The summed E-state index contributed by atoms with van der Waals surface area (Å²) in [4.78, 5) is 38.3. The molecule has 1 fully saturated rings. The van der Waals surface area contributed by atoms with Crippen molar-refractivity contribution in [3.8, 4) is 0 Å². The van der Waals surface area contributed by atoms with Gasteiger partial charge in [-0.15, -0.1) is 0 Å². The summed E-state index contributed by atoms with van der Waals surface area (Å²) in [6.45, 7) is 2.60. The highest BCUT2D eigenvalue weighted by Crippen LogP contribution is 2.21. The molecule has 1 aromatic heterocycles. The molecule has 3 rings (SSSR count). The Labute approximate surface area is 178 Å². The summed E-state index contributed by atoms with van der Waals surface area (Å²) in [7, 11) is 0. The van der Waals surface area contributed by atoms with Gasteiger partial charge in [-0.2, -0.15) is 0 Å². The van der Waals surface area contributed by atoms with E-state index >= 15 is 0 Å². The highest BCUT2D eigenvalue weighted by atomic mass is 79.9. The van der Waals surface area contributed by atoms with Crippen LogP contribution in [0, 0.1) is 0 Å². The second-order valence-corrected chi connectivity index (χ2v) is 8.07. The molecule has 1 aromatic carbocycles. The first kappa shape index (κ1) is 21.1. The topological polar surface area (TPSA) is 91.7 Å². The van der Waals surface area contributed by atoms with Crippen molar-refractivity contribution in [2.75, 3.05) is 13.1 Å². The Morgan fingerprint density at radius 3 is 2.45 bits per heavy atom. The van der Waals surface area contributed by atoms with Crippen LogP contribution in [0.3, 0.4) is 0 Å². The zero-order chi connectivity index (χ0) is 20.8. The first-order valence-electron chi connectivity index (χ1n) is 9.56. The van der Waals surface area contributed by atoms with Crippen molar-refractivity contribution in [2.45, 2.75) is 38.3 Å². The van der Waals surface area contributed by atoms with Crippen LogP contribution < -0.4 is 10.6 Å². The van der Waals surface area contributed by atoms with E-state index in [1.807, 2.05) is 24.3 Å². The van der Waals surface area contributed by atoms with Gasteiger partial charge in [0, 0.05) is 30.5 Å². The Kier molecular flexibility index (Phi) is 7.09. The molecule has 1 atom stereocenters. The Morgan fingerprint density at radius 1 is 1.17 bits per heavy atom. The molecule has 2 aromatic rings. The van der Waals surface area contributed by atoms with E-state index in [1.54, 1.807) is 11.0 Å². The minimum absolute atomic E-state index is 0.0128. The van der Waals surface area contributed by atoms with Crippen molar-refractivity contribution in [3.05, 3.63) is 58.5 Å². The van der Waals surface area contributed by atoms with Crippen LogP contribution in [0.15, 0.2) is 51.7 Å². The van der Waals surface area contributed by atoms with E-state index in [9.17, 15) is 14.4 Å². The number of carbonyl (C=O) groups is 3. The average Bonchev–Trinajstić information content (AvgIpc) is 3.22. The molecular weight excluding hydrogens is 438 g/mol. The number of halogens is 1. The van der Waals surface area contributed by atoms with Crippen LogP contribution in [-0.4, -0.2) is 41.8 Å². The van der Waals surface area contributed by atoms with Gasteiger partial charge in [-0.1, -0.05) is 28.1 Å². The lowest BCUT2D eigenvalue weighted by Gasteiger charge is -2.32. The van der Waals surface area contributed by atoms with Gasteiger partial charge < -0.3 is 20.0 Å². The van der Waals surface area contributed by atoms with Crippen LogP contribution in [-0.2, 0) is 9.59 Å². The summed E-state index contributed by atoms with van der Waals surface area (Å²) < 4.78 is 5.90. The Balaban J connectivity index is 1.52. The summed E-state index contributed by atoms with van der Waals surface area (Å²) in [6, 6.07) is 8.82. The van der Waals surface area contributed by atoms with E-state index in [0.29, 0.717) is 31.5 Å². The van der Waals surface area contributed by atoms with E-state index in [1.165, 1.54) is 19.5 Å². The number of benzene rings is 1. The smallest absolute Gasteiger partial charge is 0.257 e. The second-order valence-electron chi connectivity index (χ2n) is 7.15. The first-order chi connectivity index (χ1) is 13.9. The van der Waals surface area contributed by atoms with E-state index < -0.39 is 0 Å². The SMILES string of the molecule is CC(=O)NC(CC(=O)NC1CCN(C(=O)c2ccoc2)CC1)c1ccc(Br)cc1. The molecule has 0 spiro atoms. The molecule has 1 aliphatic heterocycles. The number of piperidine rings is 1. The van der Waals surface area contributed by atoms with Crippen molar-refractivity contribution in [1.82, 2.24) is 15.5 Å². The van der Waals surface area contributed by atoms with Gasteiger partial charge in [-0.05, 0) is 36.6 Å². The summed E-state index contributed by atoms with van der Waals surface area (Å²) in [5.74, 6) is -0.354. The molecule has 2 heterocycles. The lowest BCUT2D eigenvalue weighted by Crippen LogP contribution is -2.47. The minimum Gasteiger partial charge on any atom is -0.472 e. The molecule has 154 valence electrons. The molecule has 0 aliphatic carbocycles. The van der Waals surface area contributed by atoms with Crippen molar-refractivity contribution in [1.29, 1.82) is 0 Å². The molecule has 1 unspecified atom stereocenters. The summed E-state index contributed by atoms with van der Waals surface area (Å²) >= 11 is 3.39. The highest BCUT2D eigenvalue weighted by molar-refractivity contribution is 9.10. The van der Waals surface area contributed by atoms with E-state index in [-0.39, 0.29) is 36.2 Å². The third-order valence-electron chi connectivity index (χ3n) is 4.95. The number of nitrogens with one attached hydrogen (secondary N) is 2. The first-order valence-corrected chi connectivity index (χ1v) is 10.3. The van der Waals surface area contributed by atoms with Crippen molar-refractivity contribution >= 4 is 33.7 Å². The summed E-state index contributed by atoms with van der Waals surface area (Å²) in [5.41, 5.74) is 1.42. The Bertz CT molecular complexity index is 843. The van der Waals surface area contributed by atoms with Gasteiger partial charge in [0.1, 0.15) is 6.26 Å². The molecule has 2 N–H and O–H groups in total. The third kappa shape index (κ3) is 5.93. The third-order valence-corrected chi connectivity index (χ3v) is 5.48. The van der Waals surface area contributed by atoms with E-state index in [0.717, 1.165) is 10.0 Å². The molecule has 0 radical (unpaired) electrons. The Hall–Kier alpha value is -2.61. The van der Waals surface area contributed by atoms with Crippen LogP contribution in [0.25, 0.3) is 0 Å². The van der Waals surface area contributed by atoms with Gasteiger partial charge in [-0.25, -0.2) is 0 Å². The number of likely N-dealkylation sites (tertiary alicyclic amines) is 1. The van der Waals surface area contributed by atoms with Crippen LogP contribution in [0.1, 0.15) is 48.1 Å². The van der Waals surface area contributed by atoms with Crippen molar-refractivity contribution in [2.24, 2.45) is 0 Å². The van der Waals surface area contributed by atoms with E-state index in [4.69, 9.17) is 4.42 Å². The van der Waals surface area contributed by atoms with Gasteiger partial charge in [0.25, 0.3) is 5.91 Å². The number of hydrogen-bond acceptors (Lipinski definition) is 4. The molecule has 3 amide bonds. The fraction of sp³-hybridized carbons (Fsp3) is 0.381. The maximum absolute atomic E-state index is 12.6. The molecule has 29 heavy (non-hydrogen) atoms. The predicted molar refractivity (Wildman–Crippen MR) is 111 cm³/mol. The van der Waals surface area contributed by atoms with Crippen LogP contribution >= 0.6 is 15.9 Å². The number of carbonyl (C=O) groups excluding carboxylic acids is 3. The molecule has 1 saturated heterocycles. The zero-order valence-corrected chi connectivity index (χ0v) is 17.8. The lowest BCUT2D eigenvalue weighted by molar-refractivity contribution is -0.123. The van der Waals surface area contributed by atoms with Crippen molar-refractivity contribution in [3.63, 3.8) is 0 Å². The van der Waals surface area contributed by atoms with Gasteiger partial charge in [-0.3, -0.25) is 14.4 Å². The zero-order valence-electron chi connectivity index (χ0n) is 16.2. The lowest BCUT2D eigenvalue weighted by atomic mass is 10.0. The van der Waals surface area contributed by atoms with Crippen molar-refractivity contribution < 1.29 is 18.8 Å². The van der Waals surface area contributed by atoms with Gasteiger partial charge in [0.15, 0.2) is 0 Å². The largest absolute Gasteiger partial charge is 0.472 e. The fourth-order valence-corrected chi connectivity index (χ4v) is 3.72. The van der Waals surface area contributed by atoms with Crippen LogP contribution in [0.5, 0.6) is 0 Å². The number of rotatable bonds is 6. The molecule has 0 bridgehead atoms. The van der Waals surface area contributed by atoms with Gasteiger partial charge in [0.05, 0.1) is 24.3 Å². The van der Waals surface area contributed by atoms with Crippen LogP contribution in [0.4, 0.5) is 0 Å². The quantitative estimate of drug-likeness (QED) is 0.691. The molecular formula is C21H24BrN3O4. The maximum Gasteiger partial charge on any atom is 0.257 e. The standard InChI is InChI=1S/C21H24BrN3O4/c1-14(26)23-19(15-2-4-17(22)5-3-15)12-20(27)24-18-6-9-25(10-7-18)21(28)16-8-11-29-13-16/h2-5,8,11,13,18-19H,6-7,9-10,12H2,1H3,(H,23,26)(H,24,27). The minimum atomic E-state index is -0.386. The Morgan fingerprint density at radius 2 is 1.86 bits per heavy atom. The number of amides is 3. The monoisotopic (exact) mass is 461 g/mol. The van der Waals surface area contributed by atoms with E-state index in [2.05, 4.69) is 26.6 Å². The summed E-state index contributed by atoms with van der Waals surface area (Å²) in [5, 5.41) is 5.89. The maximum atomic E-state index is 12.6. The highest BCUT2D eigenvalue weighted by Gasteiger charge is 2.26. The predicted octanol–water partition coefficient (Wildman–Crippen LogP) is 3.03. The molecule has 1 aliphatic rings. The second kappa shape index (κ2) is 9.73. The average molecular weight is 462 g/mol. The molecule has 0 saturated carbocycles. The number of hydrogen-bond donors (Lipinski definition) is 2. The molecule has 8 heteroatoms.